The van der Waals surface area contributed by atoms with Gasteiger partial charge in [-0.3, -0.25) is 4.79 Å². The largest absolute Gasteiger partial charge is 0.390 e. The first kappa shape index (κ1) is 40.6. The fourth-order valence-corrected chi connectivity index (χ4v) is 6.38. The summed E-state index contributed by atoms with van der Waals surface area (Å²) in [5, 5.41) is 99.0. The Morgan fingerprint density at radius 3 is 1.53 bits per heavy atom. The summed E-state index contributed by atoms with van der Waals surface area (Å²) in [7, 11) is 1.26. The molecule has 0 aromatic heterocycles. The first-order chi connectivity index (χ1) is 22.7. The second-order valence-corrected chi connectivity index (χ2v) is 13.9. The van der Waals surface area contributed by atoms with Gasteiger partial charge in [0.1, 0.15) is 67.1 Å². The Morgan fingerprint density at radius 2 is 1.04 bits per heavy atom. The Hall–Kier alpha value is -1.21. The van der Waals surface area contributed by atoms with Crippen molar-refractivity contribution in [2.75, 3.05) is 7.11 Å². The summed E-state index contributed by atoms with van der Waals surface area (Å²) in [5.74, 6) is -0.545. The highest BCUT2D eigenvalue weighted by molar-refractivity contribution is 5.77. The van der Waals surface area contributed by atoms with Gasteiger partial charge in [-0.2, -0.15) is 0 Å². The smallest absolute Gasteiger partial charge is 0.223 e. The van der Waals surface area contributed by atoms with Gasteiger partial charge >= 0.3 is 0 Å². The maximum atomic E-state index is 12.5. The molecule has 4 heterocycles. The Balaban J connectivity index is 1.46. The molecule has 4 fully saturated rings. The lowest BCUT2D eigenvalue weighted by Crippen LogP contribution is -2.67. The number of carbonyl (C=O) groups is 1. The number of hydrogen-bond donors (Lipinski definition) is 10. The predicted molar refractivity (Wildman–Crippen MR) is 160 cm³/mol. The number of aliphatic hydroxyl groups excluding tert-OH is 8. The van der Waals surface area contributed by atoms with Gasteiger partial charge in [-0.15, -0.1) is 0 Å². The highest BCUT2D eigenvalue weighted by Crippen LogP contribution is 2.34. The zero-order chi connectivity index (χ0) is 36.7. The molecule has 0 aliphatic carbocycles. The summed E-state index contributed by atoms with van der Waals surface area (Å²) in [5.41, 5.74) is -1.30. The van der Waals surface area contributed by atoms with Gasteiger partial charge in [-0.25, -0.2) is 0 Å². The molecule has 0 bridgehead atoms. The number of methoxy groups -OCH3 is 1. The maximum absolute atomic E-state index is 12.5. The molecule has 1 amide bonds. The third-order valence-corrected chi connectivity index (χ3v) is 9.26. The molecule has 0 radical (unpaired) electrons. The zero-order valence-corrected chi connectivity index (χ0v) is 28.5. The minimum atomic E-state index is -1.81. The van der Waals surface area contributed by atoms with Crippen molar-refractivity contribution in [1.29, 1.82) is 0 Å². The van der Waals surface area contributed by atoms with Crippen LogP contribution in [-0.4, -0.2) is 187 Å². The van der Waals surface area contributed by atoms with E-state index < -0.39 is 134 Å². The summed E-state index contributed by atoms with van der Waals surface area (Å²) in [6.07, 6.45) is -27.4. The molecular weight excluding hydrogens is 662 g/mol. The van der Waals surface area contributed by atoms with E-state index in [-0.39, 0.29) is 6.42 Å². The van der Waals surface area contributed by atoms with Gasteiger partial charge in [0.25, 0.3) is 0 Å². The normalized spacial score (nSPS) is 49.8. The molecule has 10 N–H and O–H groups in total. The fourth-order valence-electron chi connectivity index (χ4n) is 6.38. The average molecular weight is 716 g/mol. The highest BCUT2D eigenvalue weighted by Gasteiger charge is 2.54. The molecule has 4 rings (SSSR count). The molecule has 12 unspecified atom stereocenters. The van der Waals surface area contributed by atoms with Gasteiger partial charge in [-0.1, -0.05) is 0 Å². The van der Waals surface area contributed by atoms with Crippen LogP contribution in [0, 0.1) is 0 Å². The summed E-state index contributed by atoms with van der Waals surface area (Å²) >= 11 is 0. The lowest BCUT2D eigenvalue weighted by molar-refractivity contribution is -0.385. The van der Waals surface area contributed by atoms with Crippen LogP contribution in [0.2, 0.25) is 0 Å². The fraction of sp³-hybridized carbons (Fsp3) is 0.967. The van der Waals surface area contributed by atoms with Gasteiger partial charge in [-0.05, 0) is 41.5 Å². The van der Waals surface area contributed by atoms with E-state index >= 15 is 0 Å². The Bertz CT molecular complexity index is 1080. The minimum Gasteiger partial charge on any atom is -0.390 e. The van der Waals surface area contributed by atoms with Crippen LogP contribution < -0.4 is 5.32 Å². The SMILES string of the molecule is COC1C(O)[C@H](NC(=O)CC(C)(C)O)C(C)O[C@H]1OC1C(O)[C@H](OC2C(O)[C@H](OC3C(O)[C@@H](O)C(C)O[C@H]3O)OC(C)[C@@H]2O)OC(C)[C@@H]1O. The van der Waals surface area contributed by atoms with Crippen LogP contribution in [0.1, 0.15) is 48.0 Å². The van der Waals surface area contributed by atoms with Gasteiger partial charge in [0.05, 0.1) is 42.5 Å². The number of rotatable bonds is 10. The van der Waals surface area contributed by atoms with Crippen LogP contribution in [-0.2, 0) is 42.7 Å². The van der Waals surface area contributed by atoms with E-state index in [2.05, 4.69) is 5.32 Å². The minimum absolute atomic E-state index is 0.246. The molecule has 19 heteroatoms. The van der Waals surface area contributed by atoms with E-state index in [0.717, 1.165) is 0 Å². The van der Waals surface area contributed by atoms with E-state index in [1.165, 1.54) is 41.7 Å². The zero-order valence-electron chi connectivity index (χ0n) is 28.5. The Morgan fingerprint density at radius 1 is 0.592 bits per heavy atom. The lowest BCUT2D eigenvalue weighted by Gasteiger charge is -2.49. The van der Waals surface area contributed by atoms with Crippen LogP contribution in [0.15, 0.2) is 0 Å². The average Bonchev–Trinajstić information content (AvgIpc) is 3.00. The van der Waals surface area contributed by atoms with Crippen molar-refractivity contribution in [1.82, 2.24) is 5.32 Å². The number of ether oxygens (including phenoxy) is 8. The molecule has 20 atom stereocenters. The number of carbonyl (C=O) groups excluding carboxylic acids is 1. The second-order valence-electron chi connectivity index (χ2n) is 13.9. The van der Waals surface area contributed by atoms with Gasteiger partial charge in [0.2, 0.25) is 5.91 Å². The quantitative estimate of drug-likeness (QED) is 0.102. The van der Waals surface area contributed by atoms with Crippen LogP contribution in [0.25, 0.3) is 0 Å². The second kappa shape index (κ2) is 16.2. The first-order valence-electron chi connectivity index (χ1n) is 16.3. The van der Waals surface area contributed by atoms with E-state index in [9.17, 15) is 50.8 Å². The summed E-state index contributed by atoms with van der Waals surface area (Å²) in [6, 6.07) is -0.970. The van der Waals surface area contributed by atoms with Crippen LogP contribution in [0.3, 0.4) is 0 Å². The van der Waals surface area contributed by atoms with Crippen LogP contribution in [0.4, 0.5) is 0 Å². The van der Waals surface area contributed by atoms with Crippen LogP contribution >= 0.6 is 0 Å². The first-order valence-corrected chi connectivity index (χ1v) is 16.3. The highest BCUT2D eigenvalue weighted by atomic mass is 16.8. The molecule has 0 saturated carbocycles. The van der Waals surface area contributed by atoms with E-state index in [1.54, 1.807) is 6.92 Å². The third-order valence-electron chi connectivity index (χ3n) is 9.26. The molecule has 49 heavy (non-hydrogen) atoms. The van der Waals surface area contributed by atoms with Gasteiger partial charge in [0, 0.05) is 7.11 Å². The molecule has 0 aromatic carbocycles. The monoisotopic (exact) mass is 715 g/mol. The standard InChI is InChI=1S/C30H53NO18/c1-9-14(31-13(32)8-30(5,6)41)18(36)25(42-7)29(44-9)48-23-17(35)12(4)45-27(21(23)39)47-22-16(34)11(3)46-28(20(22)38)49-24-19(37)15(33)10(2)43-26(24)40/h9-12,14-29,33-41H,8H2,1-7H3,(H,31,32)/t9?,10?,11?,12?,14-,15+,16+,17+,18?,19?,20?,21?,22?,23?,24?,25?,26-,27+,28+,29+/m1/s1. The van der Waals surface area contributed by atoms with E-state index in [1.807, 2.05) is 0 Å². The van der Waals surface area contributed by atoms with Crippen molar-refractivity contribution in [3.05, 3.63) is 0 Å². The summed E-state index contributed by atoms with van der Waals surface area (Å²) in [4.78, 5) is 12.5. The summed E-state index contributed by atoms with van der Waals surface area (Å²) in [6.45, 7) is 8.79. The molecule has 19 nitrogen and oxygen atoms in total. The van der Waals surface area contributed by atoms with Crippen molar-refractivity contribution in [3.63, 3.8) is 0 Å². The molecule has 4 aliphatic heterocycles. The molecule has 4 aliphatic rings. The van der Waals surface area contributed by atoms with Crippen molar-refractivity contribution in [2.24, 2.45) is 0 Å². The molecule has 286 valence electrons. The van der Waals surface area contributed by atoms with Gasteiger partial charge < -0.3 is 89.2 Å². The van der Waals surface area contributed by atoms with Crippen molar-refractivity contribution in [2.45, 2.75) is 176 Å². The number of hydrogen-bond acceptors (Lipinski definition) is 18. The molecular formula is C30H53NO18. The third kappa shape index (κ3) is 9.06. The Kier molecular flexibility index (Phi) is 13.4. The summed E-state index contributed by atoms with van der Waals surface area (Å²) < 4.78 is 45.2. The topological polar surface area (TPSA) is 285 Å². The van der Waals surface area contributed by atoms with Crippen LogP contribution in [0.5, 0.6) is 0 Å². The van der Waals surface area contributed by atoms with Crippen molar-refractivity contribution in [3.8, 4) is 0 Å². The molecule has 0 aromatic rings. The van der Waals surface area contributed by atoms with Crippen molar-refractivity contribution < 1.29 is 88.6 Å². The van der Waals surface area contributed by atoms with E-state index in [4.69, 9.17) is 37.9 Å². The lowest BCUT2D eigenvalue weighted by atomic mass is 9.94. The predicted octanol–water partition coefficient (Wildman–Crippen LogP) is -4.70. The van der Waals surface area contributed by atoms with E-state index in [0.29, 0.717) is 0 Å². The Labute approximate surface area is 283 Å². The number of aliphatic hydroxyl groups is 9. The van der Waals surface area contributed by atoms with Crippen molar-refractivity contribution >= 4 is 5.91 Å². The molecule has 4 saturated heterocycles. The number of amides is 1. The molecule has 0 spiro atoms. The number of nitrogens with one attached hydrogen (secondary N) is 1. The maximum Gasteiger partial charge on any atom is 0.223 e. The van der Waals surface area contributed by atoms with Gasteiger partial charge in [0.15, 0.2) is 25.2 Å².